The van der Waals surface area contributed by atoms with E-state index in [-0.39, 0.29) is 0 Å². The highest BCUT2D eigenvalue weighted by Crippen LogP contribution is 2.24. The van der Waals surface area contributed by atoms with Crippen LogP contribution in [0.3, 0.4) is 0 Å². The highest BCUT2D eigenvalue weighted by molar-refractivity contribution is 6.36. The van der Waals surface area contributed by atoms with Crippen LogP contribution < -0.4 is 16.2 Å². The highest BCUT2D eigenvalue weighted by Gasteiger charge is 2.03. The Morgan fingerprint density at radius 3 is 2.42 bits per heavy atom. The molecule has 2 amide bonds. The van der Waals surface area contributed by atoms with Gasteiger partial charge in [0.2, 0.25) is 0 Å². The lowest BCUT2D eigenvalue weighted by atomic mass is 10.3. The number of hydrazine groups is 1. The Bertz CT molecular complexity index is 575. The second-order valence-electron chi connectivity index (χ2n) is 3.69. The number of amides is 2. The molecule has 0 radical (unpaired) electrons. The van der Waals surface area contributed by atoms with Crippen LogP contribution in [0.1, 0.15) is 0 Å². The Balaban J connectivity index is 1.90. The van der Waals surface area contributed by atoms with E-state index in [0.717, 1.165) is 0 Å². The molecule has 0 atom stereocenters. The van der Waals surface area contributed by atoms with Crippen molar-refractivity contribution in [3.63, 3.8) is 0 Å². The van der Waals surface area contributed by atoms with Gasteiger partial charge in [-0.1, -0.05) is 41.4 Å². The van der Waals surface area contributed by atoms with E-state index in [1.807, 2.05) is 18.2 Å². The molecule has 0 aliphatic heterocycles. The predicted molar refractivity (Wildman–Crippen MR) is 78.7 cm³/mol. The van der Waals surface area contributed by atoms with E-state index in [0.29, 0.717) is 21.4 Å². The largest absolute Gasteiger partial charge is 0.337 e. The number of carbonyl (C=O) groups excluding carboxylic acids is 1. The number of carbonyl (C=O) groups is 1. The molecule has 19 heavy (non-hydrogen) atoms. The minimum atomic E-state index is -0.391. The van der Waals surface area contributed by atoms with Crippen molar-refractivity contribution in [2.24, 2.45) is 0 Å². The molecule has 0 saturated heterocycles. The van der Waals surface area contributed by atoms with Gasteiger partial charge in [0.15, 0.2) is 0 Å². The molecule has 0 spiro atoms. The Kier molecular flexibility index (Phi) is 4.49. The van der Waals surface area contributed by atoms with Crippen LogP contribution in [-0.2, 0) is 0 Å². The van der Waals surface area contributed by atoms with E-state index in [2.05, 4.69) is 16.2 Å². The van der Waals surface area contributed by atoms with E-state index in [1.54, 1.807) is 30.3 Å². The highest BCUT2D eigenvalue weighted by atomic mass is 35.5. The van der Waals surface area contributed by atoms with Crippen LogP contribution >= 0.6 is 23.2 Å². The zero-order valence-electron chi connectivity index (χ0n) is 9.78. The smallest absolute Gasteiger partial charge is 0.307 e. The second kappa shape index (κ2) is 6.31. The maximum absolute atomic E-state index is 11.6. The fraction of sp³-hybridized carbons (Fsp3) is 0. The van der Waals surface area contributed by atoms with Gasteiger partial charge in [0.05, 0.1) is 10.7 Å². The minimum absolute atomic E-state index is 0.391. The van der Waals surface area contributed by atoms with Crippen LogP contribution in [0.15, 0.2) is 48.5 Å². The second-order valence-corrected chi connectivity index (χ2v) is 4.54. The molecule has 3 N–H and O–H groups in total. The number of para-hydroxylation sites is 1. The number of hydrogen-bond donors (Lipinski definition) is 3. The summed E-state index contributed by atoms with van der Waals surface area (Å²) in [6, 6.07) is 13.6. The molecule has 6 heteroatoms. The number of rotatable bonds is 3. The van der Waals surface area contributed by atoms with Crippen molar-refractivity contribution >= 4 is 40.6 Å². The summed E-state index contributed by atoms with van der Waals surface area (Å²) < 4.78 is 0. The van der Waals surface area contributed by atoms with Crippen LogP contribution in [0.4, 0.5) is 16.2 Å². The summed E-state index contributed by atoms with van der Waals surface area (Å²) in [4.78, 5) is 11.6. The average Bonchev–Trinajstić information content (AvgIpc) is 2.39. The lowest BCUT2D eigenvalue weighted by molar-refractivity contribution is 0.254. The fourth-order valence-electron chi connectivity index (χ4n) is 1.40. The molecular weight excluding hydrogens is 285 g/mol. The van der Waals surface area contributed by atoms with Gasteiger partial charge in [-0.15, -0.1) is 0 Å². The first kappa shape index (κ1) is 13.5. The number of halogens is 2. The third-order valence-corrected chi connectivity index (χ3v) is 2.82. The van der Waals surface area contributed by atoms with Crippen molar-refractivity contribution in [2.45, 2.75) is 0 Å². The van der Waals surface area contributed by atoms with Gasteiger partial charge in [0, 0.05) is 10.7 Å². The molecule has 0 fully saturated rings. The first-order chi connectivity index (χ1) is 9.15. The van der Waals surface area contributed by atoms with E-state index >= 15 is 0 Å². The molecule has 0 aliphatic carbocycles. The van der Waals surface area contributed by atoms with E-state index in [1.165, 1.54) is 0 Å². The fourth-order valence-corrected chi connectivity index (χ4v) is 1.85. The normalized spacial score (nSPS) is 9.79. The van der Waals surface area contributed by atoms with Crippen LogP contribution in [0.25, 0.3) is 0 Å². The third kappa shape index (κ3) is 4.05. The van der Waals surface area contributed by atoms with Gasteiger partial charge in [-0.05, 0) is 30.3 Å². The average molecular weight is 296 g/mol. The number of benzene rings is 2. The quantitative estimate of drug-likeness (QED) is 0.745. The van der Waals surface area contributed by atoms with Gasteiger partial charge in [0.1, 0.15) is 0 Å². The lowest BCUT2D eigenvalue weighted by Crippen LogP contribution is -2.33. The van der Waals surface area contributed by atoms with Gasteiger partial charge in [-0.2, -0.15) is 0 Å². The number of anilines is 2. The molecule has 2 aromatic carbocycles. The molecule has 98 valence electrons. The SMILES string of the molecule is O=C(NNc1ccc(Cl)cc1Cl)Nc1ccccc1. The van der Waals surface area contributed by atoms with Crippen molar-refractivity contribution in [1.82, 2.24) is 5.43 Å². The summed E-state index contributed by atoms with van der Waals surface area (Å²) in [6.45, 7) is 0. The molecule has 0 aliphatic rings. The van der Waals surface area contributed by atoms with E-state index in [4.69, 9.17) is 23.2 Å². The molecule has 0 aromatic heterocycles. The van der Waals surface area contributed by atoms with Crippen LogP contribution in [0, 0.1) is 0 Å². The number of nitrogens with one attached hydrogen (secondary N) is 3. The maximum Gasteiger partial charge on any atom is 0.337 e. The van der Waals surface area contributed by atoms with E-state index < -0.39 is 6.03 Å². The van der Waals surface area contributed by atoms with Crippen LogP contribution in [-0.4, -0.2) is 6.03 Å². The lowest BCUT2D eigenvalue weighted by Gasteiger charge is -2.11. The molecule has 0 heterocycles. The van der Waals surface area contributed by atoms with Crippen molar-refractivity contribution in [3.05, 3.63) is 58.6 Å². The van der Waals surface area contributed by atoms with Crippen molar-refractivity contribution in [1.29, 1.82) is 0 Å². The minimum Gasteiger partial charge on any atom is -0.307 e. The molecule has 2 rings (SSSR count). The number of urea groups is 1. The van der Waals surface area contributed by atoms with Crippen LogP contribution in [0.2, 0.25) is 10.0 Å². The first-order valence-electron chi connectivity index (χ1n) is 5.48. The standard InChI is InChI=1S/C13H11Cl2N3O/c14-9-6-7-12(11(15)8-9)17-18-13(19)16-10-4-2-1-3-5-10/h1-8,17H,(H2,16,18,19). The molecule has 4 nitrogen and oxygen atoms in total. The van der Waals surface area contributed by atoms with Gasteiger partial charge in [-0.25, -0.2) is 4.79 Å². The van der Waals surface area contributed by atoms with Crippen molar-refractivity contribution < 1.29 is 4.79 Å². The predicted octanol–water partition coefficient (Wildman–Crippen LogP) is 4.14. The molecule has 2 aromatic rings. The monoisotopic (exact) mass is 295 g/mol. The Labute approximate surface area is 120 Å². The van der Waals surface area contributed by atoms with Gasteiger partial charge >= 0.3 is 6.03 Å². The topological polar surface area (TPSA) is 53.2 Å². The zero-order chi connectivity index (χ0) is 13.7. The first-order valence-corrected chi connectivity index (χ1v) is 6.24. The summed E-state index contributed by atoms with van der Waals surface area (Å²) in [5.41, 5.74) is 6.45. The van der Waals surface area contributed by atoms with Gasteiger partial charge in [-0.3, -0.25) is 10.9 Å². The van der Waals surface area contributed by atoms with Gasteiger partial charge < -0.3 is 5.32 Å². The maximum atomic E-state index is 11.6. The summed E-state index contributed by atoms with van der Waals surface area (Å²) in [5, 5.41) is 3.62. The Morgan fingerprint density at radius 1 is 1.00 bits per heavy atom. The van der Waals surface area contributed by atoms with Crippen molar-refractivity contribution in [2.75, 3.05) is 10.7 Å². The summed E-state index contributed by atoms with van der Waals surface area (Å²) in [7, 11) is 0. The van der Waals surface area contributed by atoms with Crippen LogP contribution in [0.5, 0.6) is 0 Å². The zero-order valence-corrected chi connectivity index (χ0v) is 11.3. The molecule has 0 saturated carbocycles. The van der Waals surface area contributed by atoms with Crippen molar-refractivity contribution in [3.8, 4) is 0 Å². The summed E-state index contributed by atoms with van der Waals surface area (Å²) in [5.74, 6) is 0. The summed E-state index contributed by atoms with van der Waals surface area (Å²) in [6.07, 6.45) is 0. The Morgan fingerprint density at radius 2 is 1.74 bits per heavy atom. The molecule has 0 bridgehead atoms. The van der Waals surface area contributed by atoms with Gasteiger partial charge in [0.25, 0.3) is 0 Å². The molecular formula is C13H11Cl2N3O. The summed E-state index contributed by atoms with van der Waals surface area (Å²) >= 11 is 11.7. The van der Waals surface area contributed by atoms with E-state index in [9.17, 15) is 4.79 Å². The Hall–Kier alpha value is -1.91. The third-order valence-electron chi connectivity index (χ3n) is 2.27. The number of hydrogen-bond acceptors (Lipinski definition) is 2. The molecule has 0 unspecified atom stereocenters.